The lowest BCUT2D eigenvalue weighted by atomic mass is 10.0. The minimum absolute atomic E-state index is 0.0919. The molecule has 0 aliphatic rings. The van der Waals surface area contributed by atoms with Gasteiger partial charge in [-0.3, -0.25) is 28.8 Å². The average molecular weight is 497 g/mol. The lowest BCUT2D eigenvalue weighted by Gasteiger charge is -2.34. The Labute approximate surface area is 200 Å². The molecule has 0 radical (unpaired) electrons. The van der Waals surface area contributed by atoms with E-state index in [-0.39, 0.29) is 11.4 Å². The number of hydrogen-bond donors (Lipinski definition) is 2. The second kappa shape index (κ2) is 13.5. The molecule has 192 valence electrons. The summed E-state index contributed by atoms with van der Waals surface area (Å²) in [6.07, 6.45) is -7.09. The number of benzene rings is 1. The highest BCUT2D eigenvalue weighted by Gasteiger charge is 2.47. The Morgan fingerprint density at radius 1 is 0.771 bits per heavy atom. The van der Waals surface area contributed by atoms with Gasteiger partial charge in [-0.15, -0.1) is 0 Å². The number of phenolic OH excluding ortho intramolecular Hbond substituents is 1. The van der Waals surface area contributed by atoms with Crippen molar-refractivity contribution >= 4 is 41.4 Å². The summed E-state index contributed by atoms with van der Waals surface area (Å²) < 4.78 is 25.5. The second-order valence-electron chi connectivity index (χ2n) is 7.17. The van der Waals surface area contributed by atoms with Crippen LogP contribution in [-0.4, -0.2) is 71.9 Å². The number of amides is 1. The number of ether oxygens (including phenoxy) is 5. The van der Waals surface area contributed by atoms with Crippen molar-refractivity contribution in [1.82, 2.24) is 0 Å². The Kier molecular flexibility index (Phi) is 11.2. The van der Waals surface area contributed by atoms with E-state index in [0.717, 1.165) is 34.6 Å². The third-order valence-electron chi connectivity index (χ3n) is 4.03. The summed E-state index contributed by atoms with van der Waals surface area (Å²) in [7, 11) is 0. The standard InChI is InChI=1S/C22H27NO12/c1-11(24)31-10-18(32-12(2)25)19(33-13(3)26)20(34-14(4)27)21(35-15(5)28)22(30)23-16-7-6-8-17(29)9-16/h6-9,18-21,29H,10H2,1-5H3,(H,23,30)/t18-,19-,20+,21-/m1/s1. The first-order valence-electron chi connectivity index (χ1n) is 10.2. The molecule has 35 heavy (non-hydrogen) atoms. The van der Waals surface area contributed by atoms with Crippen LogP contribution >= 0.6 is 0 Å². The summed E-state index contributed by atoms with van der Waals surface area (Å²) in [5.74, 6) is -5.75. The molecular weight excluding hydrogens is 470 g/mol. The third kappa shape index (κ3) is 10.5. The zero-order valence-corrected chi connectivity index (χ0v) is 19.8. The number of anilines is 1. The fourth-order valence-electron chi connectivity index (χ4n) is 2.89. The molecule has 0 heterocycles. The van der Waals surface area contributed by atoms with E-state index in [1.165, 1.54) is 24.3 Å². The van der Waals surface area contributed by atoms with Crippen LogP contribution in [0.25, 0.3) is 0 Å². The Morgan fingerprint density at radius 3 is 1.80 bits per heavy atom. The van der Waals surface area contributed by atoms with Crippen molar-refractivity contribution < 1.29 is 57.6 Å². The van der Waals surface area contributed by atoms with Gasteiger partial charge in [0.15, 0.2) is 18.3 Å². The number of hydrogen-bond acceptors (Lipinski definition) is 12. The maximum Gasteiger partial charge on any atom is 0.303 e. The van der Waals surface area contributed by atoms with Crippen molar-refractivity contribution in [3.05, 3.63) is 24.3 Å². The molecule has 0 bridgehead atoms. The first kappa shape index (κ1) is 28.9. The molecule has 13 nitrogen and oxygen atoms in total. The molecule has 0 saturated carbocycles. The Bertz CT molecular complexity index is 960. The average Bonchev–Trinajstić information content (AvgIpc) is 2.71. The molecule has 0 saturated heterocycles. The SMILES string of the molecule is CC(=O)OC[C@@H](OC(C)=O)[C@@H](OC(C)=O)[C@H](OC(C)=O)[C@@H](OC(C)=O)C(=O)Nc1cccc(O)c1. The van der Waals surface area contributed by atoms with Gasteiger partial charge >= 0.3 is 29.8 Å². The van der Waals surface area contributed by atoms with E-state index in [0.29, 0.717) is 0 Å². The van der Waals surface area contributed by atoms with Gasteiger partial charge < -0.3 is 34.1 Å². The maximum atomic E-state index is 13.1. The zero-order valence-electron chi connectivity index (χ0n) is 19.8. The van der Waals surface area contributed by atoms with E-state index in [9.17, 15) is 33.9 Å². The fraction of sp³-hybridized carbons (Fsp3) is 0.455. The normalized spacial score (nSPS) is 13.7. The van der Waals surface area contributed by atoms with Crippen LogP contribution in [0.4, 0.5) is 5.69 Å². The highest BCUT2D eigenvalue weighted by Crippen LogP contribution is 2.22. The van der Waals surface area contributed by atoms with Gasteiger partial charge in [0.1, 0.15) is 12.4 Å². The highest BCUT2D eigenvalue weighted by molar-refractivity contribution is 5.96. The van der Waals surface area contributed by atoms with Crippen LogP contribution in [0.2, 0.25) is 0 Å². The minimum Gasteiger partial charge on any atom is -0.508 e. The van der Waals surface area contributed by atoms with Gasteiger partial charge in [0.25, 0.3) is 5.91 Å². The summed E-state index contributed by atoms with van der Waals surface area (Å²) in [6, 6.07) is 5.37. The number of carbonyl (C=O) groups excluding carboxylic acids is 6. The predicted molar refractivity (Wildman–Crippen MR) is 116 cm³/mol. The van der Waals surface area contributed by atoms with Gasteiger partial charge in [-0.2, -0.15) is 0 Å². The number of nitrogens with one attached hydrogen (secondary N) is 1. The fourth-order valence-corrected chi connectivity index (χ4v) is 2.89. The van der Waals surface area contributed by atoms with Crippen LogP contribution in [0.15, 0.2) is 24.3 Å². The van der Waals surface area contributed by atoms with Crippen LogP contribution in [-0.2, 0) is 52.5 Å². The van der Waals surface area contributed by atoms with Crippen LogP contribution in [0.1, 0.15) is 34.6 Å². The highest BCUT2D eigenvalue weighted by atomic mass is 16.6. The lowest BCUT2D eigenvalue weighted by molar-refractivity contribution is -0.202. The first-order chi connectivity index (χ1) is 16.3. The Hall–Kier alpha value is -4.16. The number of esters is 5. The minimum atomic E-state index is -1.93. The molecule has 1 rings (SSSR count). The van der Waals surface area contributed by atoms with E-state index in [4.69, 9.17) is 23.7 Å². The quantitative estimate of drug-likeness (QED) is 0.322. The largest absolute Gasteiger partial charge is 0.508 e. The van der Waals surface area contributed by atoms with Crippen molar-refractivity contribution in [2.75, 3.05) is 11.9 Å². The van der Waals surface area contributed by atoms with Crippen molar-refractivity contribution in [2.45, 2.75) is 59.0 Å². The molecule has 1 aromatic rings. The molecule has 13 heteroatoms. The van der Waals surface area contributed by atoms with Crippen LogP contribution < -0.4 is 5.32 Å². The van der Waals surface area contributed by atoms with Gasteiger partial charge in [0.2, 0.25) is 6.10 Å². The van der Waals surface area contributed by atoms with Crippen molar-refractivity contribution in [3.8, 4) is 5.75 Å². The summed E-state index contributed by atoms with van der Waals surface area (Å²) in [5.41, 5.74) is 0.0919. The molecule has 0 fully saturated rings. The van der Waals surface area contributed by atoms with E-state index < -0.39 is 66.8 Å². The van der Waals surface area contributed by atoms with Gasteiger partial charge in [0, 0.05) is 46.4 Å². The van der Waals surface area contributed by atoms with Gasteiger partial charge in [-0.25, -0.2) is 0 Å². The van der Waals surface area contributed by atoms with Gasteiger partial charge in [0.05, 0.1) is 0 Å². The molecule has 0 aliphatic heterocycles. The number of phenols is 1. The number of aromatic hydroxyl groups is 1. The van der Waals surface area contributed by atoms with Crippen molar-refractivity contribution in [2.24, 2.45) is 0 Å². The molecule has 4 atom stereocenters. The predicted octanol–water partition coefficient (Wildman–Crippen LogP) is 0.621. The topological polar surface area (TPSA) is 181 Å². The second-order valence-corrected chi connectivity index (χ2v) is 7.17. The Morgan fingerprint density at radius 2 is 1.31 bits per heavy atom. The molecule has 0 aromatic heterocycles. The van der Waals surface area contributed by atoms with Crippen LogP contribution in [0, 0.1) is 0 Å². The van der Waals surface area contributed by atoms with Gasteiger partial charge in [-0.1, -0.05) is 6.07 Å². The summed E-state index contributed by atoms with van der Waals surface area (Å²) >= 11 is 0. The van der Waals surface area contributed by atoms with Crippen LogP contribution in [0.5, 0.6) is 5.75 Å². The summed E-state index contributed by atoms with van der Waals surface area (Å²) in [4.78, 5) is 71.7. The monoisotopic (exact) mass is 497 g/mol. The molecule has 0 spiro atoms. The Balaban J connectivity index is 3.53. The van der Waals surface area contributed by atoms with E-state index in [2.05, 4.69) is 5.32 Å². The number of carbonyl (C=O) groups is 6. The summed E-state index contributed by atoms with van der Waals surface area (Å²) in [6.45, 7) is 4.38. The molecular formula is C22H27NO12. The third-order valence-corrected chi connectivity index (χ3v) is 4.03. The zero-order chi connectivity index (χ0) is 26.7. The molecule has 2 N–H and O–H groups in total. The smallest absolute Gasteiger partial charge is 0.303 e. The van der Waals surface area contributed by atoms with E-state index >= 15 is 0 Å². The van der Waals surface area contributed by atoms with Gasteiger partial charge in [-0.05, 0) is 12.1 Å². The van der Waals surface area contributed by atoms with Crippen molar-refractivity contribution in [1.29, 1.82) is 0 Å². The lowest BCUT2D eigenvalue weighted by Crippen LogP contribution is -2.56. The maximum absolute atomic E-state index is 13.1. The van der Waals surface area contributed by atoms with Crippen molar-refractivity contribution in [3.63, 3.8) is 0 Å². The first-order valence-corrected chi connectivity index (χ1v) is 10.2. The van der Waals surface area contributed by atoms with E-state index in [1.54, 1.807) is 0 Å². The molecule has 0 unspecified atom stereocenters. The summed E-state index contributed by atoms with van der Waals surface area (Å²) in [5, 5.41) is 12.0. The number of rotatable bonds is 11. The molecule has 1 amide bonds. The molecule has 0 aliphatic carbocycles. The molecule has 1 aromatic carbocycles. The van der Waals surface area contributed by atoms with E-state index in [1.807, 2.05) is 0 Å². The van der Waals surface area contributed by atoms with Crippen LogP contribution in [0.3, 0.4) is 0 Å².